The number of carbonyl (C=O) groups excluding carboxylic acids is 2. The molecule has 0 saturated carbocycles. The van der Waals surface area contributed by atoms with Crippen molar-refractivity contribution in [1.29, 1.82) is 5.26 Å². The average molecular weight is 433 g/mol. The van der Waals surface area contributed by atoms with Crippen molar-refractivity contribution in [1.82, 2.24) is 15.3 Å². The van der Waals surface area contributed by atoms with Gasteiger partial charge in [0.2, 0.25) is 0 Å². The fraction of sp³-hybridized carbons (Fsp3) is 0.227. The van der Waals surface area contributed by atoms with Crippen molar-refractivity contribution in [3.8, 4) is 11.8 Å². The van der Waals surface area contributed by atoms with Crippen LogP contribution in [0.5, 0.6) is 5.75 Å². The maximum Gasteiger partial charge on any atom is 0.281 e. The average Bonchev–Trinajstić information content (AvgIpc) is 3.10. The van der Waals surface area contributed by atoms with Gasteiger partial charge in [0, 0.05) is 24.5 Å². The quantitative estimate of drug-likeness (QED) is 0.677. The lowest BCUT2D eigenvalue weighted by Gasteiger charge is -2.19. The van der Waals surface area contributed by atoms with Gasteiger partial charge in [-0.1, -0.05) is 12.1 Å². The highest BCUT2D eigenvalue weighted by molar-refractivity contribution is 7.13. The van der Waals surface area contributed by atoms with Gasteiger partial charge in [0.15, 0.2) is 16.6 Å². The Hall–Kier alpha value is -3.77. The van der Waals surface area contributed by atoms with Gasteiger partial charge in [-0.3, -0.25) is 14.5 Å². The third-order valence-corrected chi connectivity index (χ3v) is 6.07. The smallest absolute Gasteiger partial charge is 0.281 e. The number of hydrogen-bond donors (Lipinski definition) is 1. The van der Waals surface area contributed by atoms with E-state index in [9.17, 15) is 9.59 Å². The topological polar surface area (TPSA) is 108 Å². The molecule has 3 heterocycles. The van der Waals surface area contributed by atoms with Crippen molar-refractivity contribution in [2.75, 3.05) is 18.6 Å². The molecule has 4 rings (SSSR count). The molecule has 0 spiro atoms. The Bertz CT molecular complexity index is 1200. The number of nitrogens with zero attached hydrogens (tertiary/aromatic N) is 4. The van der Waals surface area contributed by atoms with Gasteiger partial charge in [0.05, 0.1) is 17.3 Å². The Morgan fingerprint density at radius 3 is 3.03 bits per heavy atom. The molecule has 9 heteroatoms. The number of aryl methyl sites for hydroxylation is 1. The fourth-order valence-corrected chi connectivity index (χ4v) is 4.28. The summed E-state index contributed by atoms with van der Waals surface area (Å²) in [5, 5.41) is 12.1. The molecule has 0 bridgehead atoms. The highest BCUT2D eigenvalue weighted by Crippen LogP contribution is 2.28. The number of nitriles is 1. The highest BCUT2D eigenvalue weighted by atomic mass is 32.1. The monoisotopic (exact) mass is 433 g/mol. The second-order valence-electron chi connectivity index (χ2n) is 7.08. The third kappa shape index (κ3) is 4.25. The molecule has 1 atom stereocenters. The first-order chi connectivity index (χ1) is 15.0. The Labute approximate surface area is 183 Å². The van der Waals surface area contributed by atoms with Crippen LogP contribution in [0.4, 0.5) is 5.82 Å². The Morgan fingerprint density at radius 2 is 2.23 bits per heavy atom. The van der Waals surface area contributed by atoms with Crippen LogP contribution in [0.15, 0.2) is 42.6 Å². The van der Waals surface area contributed by atoms with E-state index in [1.54, 1.807) is 31.4 Å². The normalized spacial score (nSPS) is 15.5. The predicted molar refractivity (Wildman–Crippen MR) is 115 cm³/mol. The summed E-state index contributed by atoms with van der Waals surface area (Å²) in [7, 11) is 1.60. The lowest BCUT2D eigenvalue weighted by Crippen LogP contribution is -2.49. The molecule has 31 heavy (non-hydrogen) atoms. The van der Waals surface area contributed by atoms with Crippen LogP contribution < -0.4 is 15.0 Å². The van der Waals surface area contributed by atoms with Crippen LogP contribution in [0.25, 0.3) is 0 Å². The number of thiazole rings is 1. The van der Waals surface area contributed by atoms with Crippen molar-refractivity contribution >= 4 is 29.0 Å². The van der Waals surface area contributed by atoms with E-state index < -0.39 is 11.9 Å². The van der Waals surface area contributed by atoms with E-state index in [2.05, 4.69) is 21.4 Å². The summed E-state index contributed by atoms with van der Waals surface area (Å²) in [4.78, 5) is 36.5. The maximum atomic E-state index is 12.8. The summed E-state index contributed by atoms with van der Waals surface area (Å²) < 4.78 is 5.69. The molecule has 8 nitrogen and oxygen atoms in total. The number of fused-ring (bicyclic) bond motifs is 1. The van der Waals surface area contributed by atoms with E-state index in [1.165, 1.54) is 16.2 Å². The zero-order valence-corrected chi connectivity index (χ0v) is 17.8. The Balaban J connectivity index is 1.49. The number of hydrogen-bond acceptors (Lipinski definition) is 7. The summed E-state index contributed by atoms with van der Waals surface area (Å²) in [6.45, 7) is 1.85. The van der Waals surface area contributed by atoms with Gasteiger partial charge in [-0.15, -0.1) is 11.3 Å². The second-order valence-corrected chi connectivity index (χ2v) is 8.16. The molecule has 1 aliphatic heterocycles. The van der Waals surface area contributed by atoms with Gasteiger partial charge in [-0.2, -0.15) is 5.26 Å². The molecule has 2 amide bonds. The minimum Gasteiger partial charge on any atom is -0.487 e. The molecular formula is C22H19N5O3S. The molecule has 1 aliphatic rings. The number of nitrogens with one attached hydrogen (secondary N) is 1. The number of likely N-dealkylation sites (N-methyl/N-ethyl adjacent to an activating group) is 1. The van der Waals surface area contributed by atoms with E-state index in [4.69, 9.17) is 10.00 Å². The van der Waals surface area contributed by atoms with Crippen LogP contribution in [-0.4, -0.2) is 41.5 Å². The number of carbonyl (C=O) groups is 2. The van der Waals surface area contributed by atoms with Crippen molar-refractivity contribution in [3.63, 3.8) is 0 Å². The van der Waals surface area contributed by atoms with Crippen LogP contribution in [0.1, 0.15) is 31.5 Å². The summed E-state index contributed by atoms with van der Waals surface area (Å²) in [5.41, 5.74) is 2.30. The van der Waals surface area contributed by atoms with Crippen LogP contribution in [0.3, 0.4) is 0 Å². The molecule has 0 unspecified atom stereocenters. The molecule has 156 valence electrons. The van der Waals surface area contributed by atoms with Crippen molar-refractivity contribution in [2.24, 2.45) is 0 Å². The van der Waals surface area contributed by atoms with E-state index in [0.717, 1.165) is 16.1 Å². The largest absolute Gasteiger partial charge is 0.487 e. The first-order valence-electron chi connectivity index (χ1n) is 9.58. The second kappa shape index (κ2) is 8.53. The first kappa shape index (κ1) is 20.5. The lowest BCUT2D eigenvalue weighted by molar-refractivity contribution is -0.120. The third-order valence-electron chi connectivity index (χ3n) is 4.92. The lowest BCUT2D eigenvalue weighted by atomic mass is 10.1. The minimum absolute atomic E-state index is 0.00573. The molecule has 1 aromatic carbocycles. The van der Waals surface area contributed by atoms with E-state index in [1.807, 2.05) is 25.1 Å². The molecule has 2 aromatic heterocycles. The van der Waals surface area contributed by atoms with Gasteiger partial charge in [0.25, 0.3) is 11.8 Å². The van der Waals surface area contributed by atoms with Crippen molar-refractivity contribution in [2.45, 2.75) is 19.4 Å². The van der Waals surface area contributed by atoms with Crippen LogP contribution in [-0.2, 0) is 11.2 Å². The molecule has 1 N–H and O–H groups in total. The van der Waals surface area contributed by atoms with Crippen molar-refractivity contribution in [3.05, 3.63) is 69.3 Å². The number of pyridine rings is 1. The Kier molecular flexibility index (Phi) is 5.64. The summed E-state index contributed by atoms with van der Waals surface area (Å²) >= 11 is 1.27. The molecule has 0 aliphatic carbocycles. The molecular weight excluding hydrogens is 414 g/mol. The molecule has 3 aromatic rings. The van der Waals surface area contributed by atoms with E-state index >= 15 is 0 Å². The molecule has 0 radical (unpaired) electrons. The van der Waals surface area contributed by atoms with Crippen molar-refractivity contribution < 1.29 is 14.3 Å². The van der Waals surface area contributed by atoms with E-state index in [0.29, 0.717) is 23.6 Å². The fourth-order valence-electron chi connectivity index (χ4n) is 3.28. The Morgan fingerprint density at radius 1 is 1.39 bits per heavy atom. The van der Waals surface area contributed by atoms with Gasteiger partial charge in [0.1, 0.15) is 12.6 Å². The highest BCUT2D eigenvalue weighted by Gasteiger charge is 2.32. The maximum absolute atomic E-state index is 12.8. The summed E-state index contributed by atoms with van der Waals surface area (Å²) in [6, 6.07) is 12.1. The first-order valence-corrected chi connectivity index (χ1v) is 10.4. The number of amides is 2. The number of ether oxygens (including phenoxy) is 1. The van der Waals surface area contributed by atoms with Crippen LogP contribution in [0.2, 0.25) is 0 Å². The van der Waals surface area contributed by atoms with Crippen LogP contribution in [0, 0.1) is 18.3 Å². The standard InChI is InChI=1S/C22H19N5O3S/c1-13-18(10-14-5-3-6-15(9-14)11-23)31-21(25-13)20(28)26-16-12-30-17-7-4-8-24-19(17)27(2)22(16)29/h3-9,16H,10,12H2,1-2H3,(H,26,28)/t16-/m0/s1. The number of aromatic nitrogens is 2. The number of anilines is 1. The zero-order valence-electron chi connectivity index (χ0n) is 17.0. The molecule has 0 fully saturated rings. The van der Waals surface area contributed by atoms with Gasteiger partial charge in [-0.25, -0.2) is 9.97 Å². The van der Waals surface area contributed by atoms with Gasteiger partial charge >= 0.3 is 0 Å². The van der Waals surface area contributed by atoms with Crippen LogP contribution >= 0.6 is 11.3 Å². The summed E-state index contributed by atoms with van der Waals surface area (Å²) in [6.07, 6.45) is 2.15. The van der Waals surface area contributed by atoms with E-state index in [-0.39, 0.29) is 17.5 Å². The number of benzene rings is 1. The SMILES string of the molecule is Cc1nc(C(=O)N[C@H]2COc3cccnc3N(C)C2=O)sc1Cc1cccc(C#N)c1. The molecule has 0 saturated heterocycles. The predicted octanol–water partition coefficient (Wildman–Crippen LogP) is 2.46. The minimum atomic E-state index is -0.855. The summed E-state index contributed by atoms with van der Waals surface area (Å²) in [5.74, 6) is 0.158. The number of rotatable bonds is 4. The van der Waals surface area contributed by atoms with Gasteiger partial charge in [-0.05, 0) is 36.8 Å². The van der Waals surface area contributed by atoms with Gasteiger partial charge < -0.3 is 10.1 Å². The zero-order chi connectivity index (χ0) is 22.0.